The molecular formula is C25H35N5O5SSi. The molecule has 1 amide bonds. The highest BCUT2D eigenvalue weighted by molar-refractivity contribution is 7.90. The number of piperidine rings is 1. The number of anilines is 1. The minimum atomic E-state index is -3.37. The third-order valence-electron chi connectivity index (χ3n) is 6.50. The molecular weight excluding hydrogens is 510 g/mol. The standard InChI is InChI=1S/C25H35N5O5SSi/c1-36(33,34)19-7-8-22(26-14-19)21-15-27-24-20(9-11-30(24)17-35-12-13-37(2,3)4)23(21)28-18-6-5-10-29(16-18)25(31)32/h7-9,11,14-15,18H,5-6,10,12-13,16-17H2,1-4H3,(H,27,28)(H,31,32). The number of sulfone groups is 1. The van der Waals surface area contributed by atoms with Crippen LogP contribution in [0.15, 0.2) is 41.7 Å². The number of amides is 1. The maximum atomic E-state index is 11.9. The molecule has 1 aliphatic rings. The van der Waals surface area contributed by atoms with E-state index in [4.69, 9.17) is 9.72 Å². The zero-order valence-corrected chi connectivity index (χ0v) is 23.6. The van der Waals surface area contributed by atoms with Gasteiger partial charge < -0.3 is 24.6 Å². The molecule has 3 aromatic rings. The monoisotopic (exact) mass is 545 g/mol. The second-order valence-electron chi connectivity index (χ2n) is 10.8. The van der Waals surface area contributed by atoms with Gasteiger partial charge in [-0.05, 0) is 37.1 Å². The Hall–Kier alpha value is -2.96. The van der Waals surface area contributed by atoms with Crippen molar-refractivity contribution < 1.29 is 23.1 Å². The molecule has 1 saturated heterocycles. The van der Waals surface area contributed by atoms with Crippen LogP contribution in [0.5, 0.6) is 0 Å². The average molecular weight is 546 g/mol. The van der Waals surface area contributed by atoms with Crippen LogP contribution in [0, 0.1) is 0 Å². The molecule has 0 aromatic carbocycles. The van der Waals surface area contributed by atoms with Crippen LogP contribution in [-0.4, -0.2) is 79.1 Å². The first kappa shape index (κ1) is 27.1. The van der Waals surface area contributed by atoms with Gasteiger partial charge in [-0.1, -0.05) is 19.6 Å². The Labute approximate surface area is 218 Å². The summed E-state index contributed by atoms with van der Waals surface area (Å²) < 4.78 is 31.7. The first-order valence-corrected chi connectivity index (χ1v) is 18.0. The molecule has 12 heteroatoms. The van der Waals surface area contributed by atoms with Gasteiger partial charge in [-0.25, -0.2) is 18.2 Å². The Morgan fingerprint density at radius 3 is 2.65 bits per heavy atom. The minimum absolute atomic E-state index is 0.0826. The fraction of sp³-hybridized carbons (Fsp3) is 0.480. The van der Waals surface area contributed by atoms with Crippen molar-refractivity contribution in [2.75, 3.05) is 31.3 Å². The van der Waals surface area contributed by atoms with Crippen molar-refractivity contribution in [3.05, 3.63) is 36.8 Å². The lowest BCUT2D eigenvalue weighted by Crippen LogP contribution is -2.44. The van der Waals surface area contributed by atoms with Crippen LogP contribution in [0.25, 0.3) is 22.3 Å². The molecule has 1 unspecified atom stereocenters. The van der Waals surface area contributed by atoms with Crippen LogP contribution in [-0.2, 0) is 21.3 Å². The van der Waals surface area contributed by atoms with Gasteiger partial charge in [0.05, 0.1) is 16.3 Å². The van der Waals surface area contributed by atoms with Crippen molar-refractivity contribution >= 4 is 40.7 Å². The van der Waals surface area contributed by atoms with Crippen LogP contribution in [0.1, 0.15) is 12.8 Å². The molecule has 200 valence electrons. The largest absolute Gasteiger partial charge is 0.465 e. The zero-order valence-electron chi connectivity index (χ0n) is 21.8. The van der Waals surface area contributed by atoms with Gasteiger partial charge in [0.25, 0.3) is 0 Å². The van der Waals surface area contributed by atoms with E-state index in [1.54, 1.807) is 12.3 Å². The number of ether oxygens (including phenoxy) is 1. The maximum Gasteiger partial charge on any atom is 0.407 e. The fourth-order valence-electron chi connectivity index (χ4n) is 4.37. The van der Waals surface area contributed by atoms with Crippen molar-refractivity contribution in [1.82, 2.24) is 19.4 Å². The van der Waals surface area contributed by atoms with Crippen molar-refractivity contribution in [2.45, 2.75) is 56.2 Å². The van der Waals surface area contributed by atoms with Crippen molar-refractivity contribution in [3.63, 3.8) is 0 Å². The first-order valence-electron chi connectivity index (χ1n) is 12.4. The van der Waals surface area contributed by atoms with Crippen LogP contribution in [0.3, 0.4) is 0 Å². The molecule has 0 radical (unpaired) electrons. The second kappa shape index (κ2) is 10.8. The van der Waals surface area contributed by atoms with Gasteiger partial charge in [0, 0.05) is 69.6 Å². The van der Waals surface area contributed by atoms with Gasteiger partial charge in [0.15, 0.2) is 9.84 Å². The predicted octanol–water partition coefficient (Wildman–Crippen LogP) is 4.37. The molecule has 3 aromatic heterocycles. The highest BCUT2D eigenvalue weighted by Crippen LogP contribution is 2.35. The first-order chi connectivity index (χ1) is 17.4. The lowest BCUT2D eigenvalue weighted by molar-refractivity contribution is 0.0899. The summed E-state index contributed by atoms with van der Waals surface area (Å²) in [4.78, 5) is 22.3. The van der Waals surface area contributed by atoms with E-state index in [1.165, 1.54) is 17.2 Å². The van der Waals surface area contributed by atoms with Crippen molar-refractivity contribution in [1.29, 1.82) is 0 Å². The Morgan fingerprint density at radius 2 is 2.00 bits per heavy atom. The molecule has 1 aliphatic heterocycles. The number of nitrogens with one attached hydrogen (secondary N) is 1. The molecule has 4 heterocycles. The smallest absolute Gasteiger partial charge is 0.407 e. The molecule has 1 fully saturated rings. The number of aromatic nitrogens is 3. The van der Waals surface area contributed by atoms with Gasteiger partial charge in [-0.15, -0.1) is 0 Å². The molecule has 4 rings (SSSR count). The number of pyridine rings is 2. The topological polar surface area (TPSA) is 127 Å². The van der Waals surface area contributed by atoms with E-state index in [2.05, 4.69) is 29.9 Å². The molecule has 1 atom stereocenters. The summed E-state index contributed by atoms with van der Waals surface area (Å²) in [6, 6.07) is 6.17. The van der Waals surface area contributed by atoms with E-state index < -0.39 is 24.0 Å². The van der Waals surface area contributed by atoms with E-state index in [9.17, 15) is 18.3 Å². The summed E-state index contributed by atoms with van der Waals surface area (Å²) in [5.41, 5.74) is 2.84. The maximum absolute atomic E-state index is 11.9. The predicted molar refractivity (Wildman–Crippen MR) is 146 cm³/mol. The second-order valence-corrected chi connectivity index (χ2v) is 18.4. The summed E-state index contributed by atoms with van der Waals surface area (Å²) in [6.07, 6.45) is 6.83. The molecule has 37 heavy (non-hydrogen) atoms. The number of rotatable bonds is 9. The Bertz CT molecular complexity index is 1370. The summed E-state index contributed by atoms with van der Waals surface area (Å²) >= 11 is 0. The zero-order chi connectivity index (χ0) is 26.8. The normalized spacial score (nSPS) is 16.8. The Morgan fingerprint density at radius 1 is 1.22 bits per heavy atom. The van der Waals surface area contributed by atoms with Crippen molar-refractivity contribution in [2.24, 2.45) is 0 Å². The van der Waals surface area contributed by atoms with E-state index in [1.807, 2.05) is 16.8 Å². The number of fused-ring (bicyclic) bond motifs is 1. The van der Waals surface area contributed by atoms with Crippen molar-refractivity contribution in [3.8, 4) is 11.3 Å². The lowest BCUT2D eigenvalue weighted by atomic mass is 10.0. The number of carbonyl (C=O) groups is 1. The minimum Gasteiger partial charge on any atom is -0.465 e. The number of hydrogen-bond donors (Lipinski definition) is 2. The van der Waals surface area contributed by atoms with E-state index in [-0.39, 0.29) is 10.9 Å². The molecule has 0 saturated carbocycles. The van der Waals surface area contributed by atoms with Crippen LogP contribution < -0.4 is 5.32 Å². The Kier molecular flexibility index (Phi) is 7.90. The number of likely N-dealkylation sites (tertiary alicyclic amines) is 1. The van der Waals surface area contributed by atoms with Crippen LogP contribution in [0.4, 0.5) is 10.5 Å². The summed E-state index contributed by atoms with van der Waals surface area (Å²) in [5, 5.41) is 13.9. The fourth-order valence-corrected chi connectivity index (χ4v) is 5.68. The molecule has 0 aliphatic carbocycles. The highest BCUT2D eigenvalue weighted by Gasteiger charge is 2.25. The number of carboxylic acid groups (broad SMARTS) is 1. The SMILES string of the molecule is C[Si](C)(C)CCOCn1ccc2c(NC3CCCN(C(=O)O)C3)c(-c3ccc(S(C)(=O)=O)cn3)cnc21. The highest BCUT2D eigenvalue weighted by atomic mass is 32.2. The van der Waals surface area contributed by atoms with Gasteiger partial charge in [-0.2, -0.15) is 0 Å². The average Bonchev–Trinajstić information content (AvgIpc) is 3.25. The number of hydrogen-bond acceptors (Lipinski definition) is 7. The Balaban J connectivity index is 1.68. The summed E-state index contributed by atoms with van der Waals surface area (Å²) in [5.74, 6) is 0. The van der Waals surface area contributed by atoms with Gasteiger partial charge in [0.2, 0.25) is 0 Å². The van der Waals surface area contributed by atoms with E-state index in [0.29, 0.717) is 32.1 Å². The molecule has 0 bridgehead atoms. The third kappa shape index (κ3) is 6.68. The summed E-state index contributed by atoms with van der Waals surface area (Å²) in [6.45, 7) is 8.92. The quantitative estimate of drug-likeness (QED) is 0.300. The van der Waals surface area contributed by atoms with E-state index in [0.717, 1.165) is 47.4 Å². The number of nitrogens with zero attached hydrogens (tertiary/aromatic N) is 4. The lowest BCUT2D eigenvalue weighted by Gasteiger charge is -2.32. The third-order valence-corrected chi connectivity index (χ3v) is 9.30. The molecule has 2 N–H and O–H groups in total. The van der Waals surface area contributed by atoms with Gasteiger partial charge in [0.1, 0.15) is 12.4 Å². The van der Waals surface area contributed by atoms with E-state index >= 15 is 0 Å². The van der Waals surface area contributed by atoms with Gasteiger partial charge in [-0.3, -0.25) is 4.98 Å². The summed E-state index contributed by atoms with van der Waals surface area (Å²) in [7, 11) is -4.56. The molecule has 10 nitrogen and oxygen atoms in total. The molecule has 0 spiro atoms. The van der Waals surface area contributed by atoms with Gasteiger partial charge >= 0.3 is 6.09 Å². The van der Waals surface area contributed by atoms with Crippen LogP contribution >= 0.6 is 0 Å². The van der Waals surface area contributed by atoms with Crippen LogP contribution in [0.2, 0.25) is 25.7 Å².